The van der Waals surface area contributed by atoms with E-state index in [0.717, 1.165) is 6.07 Å². The van der Waals surface area contributed by atoms with Crippen LogP contribution in [-0.2, 0) is 0 Å². The van der Waals surface area contributed by atoms with Crippen LogP contribution in [-0.4, -0.2) is 17.4 Å². The summed E-state index contributed by atoms with van der Waals surface area (Å²) in [6.07, 6.45) is 0. The zero-order valence-corrected chi connectivity index (χ0v) is 10.2. The molecule has 0 aliphatic heterocycles. The largest absolute Gasteiger partial charge is 0.492 e. The predicted octanol–water partition coefficient (Wildman–Crippen LogP) is 1.23. The number of nitrogens with zero attached hydrogens (tertiary/aromatic N) is 1. The third-order valence-corrected chi connectivity index (χ3v) is 2.12. The molecular weight excluding hydrogens is 238 g/mol. The van der Waals surface area contributed by atoms with Gasteiger partial charge in [-0.3, -0.25) is 20.3 Å². The van der Waals surface area contributed by atoms with Crippen LogP contribution in [0, 0.1) is 16.0 Å². The fourth-order valence-electron chi connectivity index (χ4n) is 1.27. The Labute approximate surface area is 104 Å². The lowest BCUT2D eigenvalue weighted by molar-refractivity contribution is -0.384. The smallest absolute Gasteiger partial charge is 0.270 e. The molecule has 0 spiro atoms. The Balaban J connectivity index is 3.08. The number of non-ortho nitro benzene ring substituents is 1. The second-order valence-corrected chi connectivity index (χ2v) is 4.12. The number of carbonyl (C=O) groups is 1. The molecule has 1 aromatic carbocycles. The number of ether oxygens (including phenoxy) is 1. The molecule has 0 radical (unpaired) electrons. The van der Waals surface area contributed by atoms with Gasteiger partial charge in [-0.2, -0.15) is 0 Å². The van der Waals surface area contributed by atoms with Crippen LogP contribution < -0.4 is 16.0 Å². The van der Waals surface area contributed by atoms with Gasteiger partial charge in [0.1, 0.15) is 5.75 Å². The monoisotopic (exact) mass is 253 g/mol. The number of nitro groups is 1. The molecule has 98 valence electrons. The van der Waals surface area contributed by atoms with Crippen molar-refractivity contribution in [1.82, 2.24) is 5.43 Å². The summed E-state index contributed by atoms with van der Waals surface area (Å²) in [5.74, 6) is 4.95. The Morgan fingerprint density at radius 1 is 1.56 bits per heavy atom. The molecule has 1 aromatic rings. The Kier molecular flexibility index (Phi) is 4.61. The summed E-state index contributed by atoms with van der Waals surface area (Å²) in [6, 6.07) is 3.81. The van der Waals surface area contributed by atoms with Crippen LogP contribution in [0.25, 0.3) is 0 Å². The third kappa shape index (κ3) is 3.42. The van der Waals surface area contributed by atoms with Crippen molar-refractivity contribution in [3.8, 4) is 5.75 Å². The quantitative estimate of drug-likeness (QED) is 0.355. The number of nitro benzene ring substituents is 1. The van der Waals surface area contributed by atoms with E-state index in [0.29, 0.717) is 6.61 Å². The molecule has 1 rings (SSSR count). The molecule has 0 unspecified atom stereocenters. The van der Waals surface area contributed by atoms with Crippen LogP contribution in [0.3, 0.4) is 0 Å². The van der Waals surface area contributed by atoms with Gasteiger partial charge in [0.15, 0.2) is 0 Å². The van der Waals surface area contributed by atoms with Crippen LogP contribution in [0.2, 0.25) is 0 Å². The van der Waals surface area contributed by atoms with Crippen LogP contribution in [0.4, 0.5) is 5.69 Å². The number of nitrogens with one attached hydrogen (secondary N) is 1. The van der Waals surface area contributed by atoms with E-state index in [-0.39, 0.29) is 22.9 Å². The first-order valence-corrected chi connectivity index (χ1v) is 5.38. The normalized spacial score (nSPS) is 10.2. The van der Waals surface area contributed by atoms with E-state index in [1.165, 1.54) is 12.1 Å². The van der Waals surface area contributed by atoms with Gasteiger partial charge in [-0.15, -0.1) is 0 Å². The van der Waals surface area contributed by atoms with Gasteiger partial charge in [0, 0.05) is 12.1 Å². The Bertz CT molecular complexity index is 460. The Morgan fingerprint density at radius 2 is 2.22 bits per heavy atom. The Hall–Kier alpha value is -2.15. The van der Waals surface area contributed by atoms with Gasteiger partial charge in [-0.25, -0.2) is 5.84 Å². The second-order valence-electron chi connectivity index (χ2n) is 4.12. The van der Waals surface area contributed by atoms with E-state index < -0.39 is 10.8 Å². The number of amides is 1. The van der Waals surface area contributed by atoms with Crippen molar-refractivity contribution in [2.75, 3.05) is 6.61 Å². The van der Waals surface area contributed by atoms with Crippen molar-refractivity contribution in [2.45, 2.75) is 13.8 Å². The number of hydrazine groups is 1. The highest BCUT2D eigenvalue weighted by atomic mass is 16.6. The molecule has 0 heterocycles. The van der Waals surface area contributed by atoms with Gasteiger partial charge in [0.25, 0.3) is 11.6 Å². The molecule has 0 aromatic heterocycles. The number of rotatable bonds is 5. The lowest BCUT2D eigenvalue weighted by atomic mass is 10.1. The molecule has 18 heavy (non-hydrogen) atoms. The highest BCUT2D eigenvalue weighted by Gasteiger charge is 2.17. The van der Waals surface area contributed by atoms with E-state index in [1.54, 1.807) is 0 Å². The summed E-state index contributed by atoms with van der Waals surface area (Å²) in [5.41, 5.74) is 1.79. The van der Waals surface area contributed by atoms with Crippen LogP contribution in [0.1, 0.15) is 24.2 Å². The maximum atomic E-state index is 11.5. The van der Waals surface area contributed by atoms with Gasteiger partial charge in [0.05, 0.1) is 17.1 Å². The van der Waals surface area contributed by atoms with Gasteiger partial charge in [0.2, 0.25) is 0 Å². The summed E-state index contributed by atoms with van der Waals surface area (Å²) in [6.45, 7) is 4.31. The fourth-order valence-corrected chi connectivity index (χ4v) is 1.27. The summed E-state index contributed by atoms with van der Waals surface area (Å²) in [5, 5.41) is 10.6. The van der Waals surface area contributed by atoms with Crippen molar-refractivity contribution in [2.24, 2.45) is 11.8 Å². The lowest BCUT2D eigenvalue weighted by Crippen LogP contribution is -2.30. The highest BCUT2D eigenvalue weighted by Crippen LogP contribution is 2.24. The number of benzene rings is 1. The van der Waals surface area contributed by atoms with Crippen molar-refractivity contribution >= 4 is 11.6 Å². The SMILES string of the molecule is CC(C)COc1ccc([N+](=O)[O-])cc1C(=O)NN. The average Bonchev–Trinajstić information content (AvgIpc) is 2.34. The lowest BCUT2D eigenvalue weighted by Gasteiger charge is -2.12. The summed E-state index contributed by atoms with van der Waals surface area (Å²) >= 11 is 0. The standard InChI is InChI=1S/C11H15N3O4/c1-7(2)6-18-10-4-3-8(14(16)17)5-9(10)11(15)13-12/h3-5,7H,6,12H2,1-2H3,(H,13,15). The minimum Gasteiger partial charge on any atom is -0.492 e. The molecule has 0 fully saturated rings. The molecule has 0 aliphatic carbocycles. The predicted molar refractivity (Wildman–Crippen MR) is 65.1 cm³/mol. The zero-order chi connectivity index (χ0) is 13.7. The number of nitrogens with two attached hydrogens (primary N) is 1. The molecule has 3 N–H and O–H groups in total. The number of nitrogen functional groups attached to an aromatic ring is 1. The summed E-state index contributed by atoms with van der Waals surface area (Å²) in [7, 11) is 0. The Morgan fingerprint density at radius 3 is 2.72 bits per heavy atom. The molecular formula is C11H15N3O4. The molecule has 0 bridgehead atoms. The van der Waals surface area contributed by atoms with Crippen LogP contribution >= 0.6 is 0 Å². The topological polar surface area (TPSA) is 107 Å². The maximum absolute atomic E-state index is 11.5. The van der Waals surface area contributed by atoms with E-state index >= 15 is 0 Å². The molecule has 7 heteroatoms. The van der Waals surface area contributed by atoms with Crippen LogP contribution in [0.5, 0.6) is 5.75 Å². The van der Waals surface area contributed by atoms with Gasteiger partial charge < -0.3 is 4.74 Å². The first-order chi connectivity index (χ1) is 8.45. The van der Waals surface area contributed by atoms with E-state index in [2.05, 4.69) is 0 Å². The third-order valence-electron chi connectivity index (χ3n) is 2.12. The highest BCUT2D eigenvalue weighted by molar-refractivity contribution is 5.97. The van der Waals surface area contributed by atoms with Crippen molar-refractivity contribution < 1.29 is 14.5 Å². The summed E-state index contributed by atoms with van der Waals surface area (Å²) in [4.78, 5) is 21.6. The van der Waals surface area contributed by atoms with Crippen LogP contribution in [0.15, 0.2) is 18.2 Å². The number of hydrogen-bond donors (Lipinski definition) is 2. The molecule has 0 aliphatic rings. The number of hydrogen-bond acceptors (Lipinski definition) is 5. The van der Waals surface area contributed by atoms with Gasteiger partial charge in [-0.1, -0.05) is 13.8 Å². The van der Waals surface area contributed by atoms with Gasteiger partial charge in [-0.05, 0) is 12.0 Å². The zero-order valence-electron chi connectivity index (χ0n) is 10.2. The van der Waals surface area contributed by atoms with E-state index in [9.17, 15) is 14.9 Å². The average molecular weight is 253 g/mol. The minimum atomic E-state index is -0.627. The fraction of sp³-hybridized carbons (Fsp3) is 0.364. The minimum absolute atomic E-state index is 0.0485. The first-order valence-electron chi connectivity index (χ1n) is 5.38. The molecule has 1 amide bonds. The van der Waals surface area contributed by atoms with E-state index in [1.807, 2.05) is 19.3 Å². The maximum Gasteiger partial charge on any atom is 0.270 e. The molecule has 0 saturated carbocycles. The first kappa shape index (κ1) is 13.9. The van der Waals surface area contributed by atoms with E-state index in [4.69, 9.17) is 10.6 Å². The molecule has 0 atom stereocenters. The van der Waals surface area contributed by atoms with Crippen molar-refractivity contribution in [3.63, 3.8) is 0 Å². The van der Waals surface area contributed by atoms with Crippen molar-refractivity contribution in [1.29, 1.82) is 0 Å². The van der Waals surface area contributed by atoms with Gasteiger partial charge >= 0.3 is 0 Å². The number of carbonyl (C=O) groups excluding carboxylic acids is 1. The molecule has 7 nitrogen and oxygen atoms in total. The second kappa shape index (κ2) is 5.97. The molecule has 0 saturated heterocycles. The summed E-state index contributed by atoms with van der Waals surface area (Å²) < 4.78 is 5.42. The van der Waals surface area contributed by atoms with Crippen molar-refractivity contribution in [3.05, 3.63) is 33.9 Å².